The van der Waals surface area contributed by atoms with Gasteiger partial charge >= 0.3 is 5.97 Å². The van der Waals surface area contributed by atoms with Crippen LogP contribution < -0.4 is 5.32 Å². The van der Waals surface area contributed by atoms with Crippen molar-refractivity contribution in [1.29, 1.82) is 0 Å². The van der Waals surface area contributed by atoms with Gasteiger partial charge in [-0.1, -0.05) is 19.4 Å². The number of hydrogen-bond donors (Lipinski definition) is 1. The second-order valence-electron chi connectivity index (χ2n) is 3.26. The van der Waals surface area contributed by atoms with Crippen molar-refractivity contribution >= 4 is 23.2 Å². The van der Waals surface area contributed by atoms with E-state index in [9.17, 15) is 9.59 Å². The van der Waals surface area contributed by atoms with E-state index < -0.39 is 5.97 Å². The first kappa shape index (κ1) is 12.7. The third-order valence-corrected chi connectivity index (χ3v) is 2.76. The van der Waals surface area contributed by atoms with Crippen molar-refractivity contribution in [2.24, 2.45) is 0 Å². The number of carbonyl (C=O) groups excluding carboxylic acids is 2. The summed E-state index contributed by atoms with van der Waals surface area (Å²) in [4.78, 5) is 23.1. The van der Waals surface area contributed by atoms with Crippen LogP contribution in [0.2, 0.25) is 0 Å². The van der Waals surface area contributed by atoms with Crippen molar-refractivity contribution in [3.05, 3.63) is 22.4 Å². The molecule has 5 heteroatoms. The van der Waals surface area contributed by atoms with Crippen LogP contribution in [0.4, 0.5) is 0 Å². The first-order chi connectivity index (χ1) is 7.74. The average molecular weight is 241 g/mol. The summed E-state index contributed by atoms with van der Waals surface area (Å²) in [7, 11) is 0. The van der Waals surface area contributed by atoms with E-state index in [-0.39, 0.29) is 12.5 Å². The Labute approximate surface area is 98.6 Å². The normalized spacial score (nSPS) is 9.81. The minimum absolute atomic E-state index is 0.208. The topological polar surface area (TPSA) is 55.4 Å². The fourth-order valence-electron chi connectivity index (χ4n) is 1.05. The SMILES string of the molecule is CCCCNC(=O)COC(=O)c1cccs1. The molecule has 1 heterocycles. The Morgan fingerprint density at radius 1 is 1.50 bits per heavy atom. The first-order valence-electron chi connectivity index (χ1n) is 5.21. The van der Waals surface area contributed by atoms with Crippen molar-refractivity contribution in [3.8, 4) is 0 Å². The van der Waals surface area contributed by atoms with E-state index in [0.717, 1.165) is 12.8 Å². The summed E-state index contributed by atoms with van der Waals surface area (Å²) in [6.45, 7) is 2.47. The monoisotopic (exact) mass is 241 g/mol. The molecule has 0 unspecified atom stereocenters. The highest BCUT2D eigenvalue weighted by Gasteiger charge is 2.10. The zero-order valence-corrected chi connectivity index (χ0v) is 10.0. The number of amides is 1. The van der Waals surface area contributed by atoms with Gasteiger partial charge in [0.2, 0.25) is 0 Å². The average Bonchev–Trinajstić information content (AvgIpc) is 2.79. The van der Waals surface area contributed by atoms with Gasteiger partial charge in [0, 0.05) is 6.54 Å². The minimum Gasteiger partial charge on any atom is -0.451 e. The van der Waals surface area contributed by atoms with Gasteiger partial charge in [-0.15, -0.1) is 11.3 Å². The van der Waals surface area contributed by atoms with Crippen LogP contribution in [-0.2, 0) is 9.53 Å². The Balaban J connectivity index is 2.19. The molecule has 0 aliphatic carbocycles. The molecule has 0 bridgehead atoms. The summed E-state index contributed by atoms with van der Waals surface area (Å²) in [6.07, 6.45) is 1.96. The lowest BCUT2D eigenvalue weighted by Gasteiger charge is -2.04. The quantitative estimate of drug-likeness (QED) is 0.610. The second-order valence-corrected chi connectivity index (χ2v) is 4.20. The summed E-state index contributed by atoms with van der Waals surface area (Å²) in [5.41, 5.74) is 0. The fraction of sp³-hybridized carbons (Fsp3) is 0.455. The summed E-state index contributed by atoms with van der Waals surface area (Å²) >= 11 is 1.30. The van der Waals surface area contributed by atoms with Crippen molar-refractivity contribution in [1.82, 2.24) is 5.32 Å². The fourth-order valence-corrected chi connectivity index (χ4v) is 1.67. The van der Waals surface area contributed by atoms with Crippen LogP contribution in [0.15, 0.2) is 17.5 Å². The Hall–Kier alpha value is -1.36. The molecule has 1 rings (SSSR count). The first-order valence-corrected chi connectivity index (χ1v) is 6.09. The summed E-state index contributed by atoms with van der Waals surface area (Å²) < 4.78 is 4.84. The van der Waals surface area contributed by atoms with Gasteiger partial charge in [-0.05, 0) is 17.9 Å². The number of esters is 1. The Bertz CT molecular complexity index is 335. The molecule has 88 valence electrons. The molecule has 1 aromatic heterocycles. The molecule has 0 aliphatic heterocycles. The Kier molecular flexibility index (Phi) is 5.56. The molecule has 0 saturated carbocycles. The smallest absolute Gasteiger partial charge is 0.348 e. The molecule has 0 aromatic carbocycles. The number of carbonyl (C=O) groups is 2. The largest absolute Gasteiger partial charge is 0.451 e. The van der Waals surface area contributed by atoms with Gasteiger partial charge in [-0.25, -0.2) is 4.79 Å². The van der Waals surface area contributed by atoms with Crippen LogP contribution in [0.1, 0.15) is 29.4 Å². The van der Waals surface area contributed by atoms with Crippen LogP contribution >= 0.6 is 11.3 Å². The van der Waals surface area contributed by atoms with E-state index in [1.165, 1.54) is 11.3 Å². The van der Waals surface area contributed by atoms with Crippen molar-refractivity contribution in [3.63, 3.8) is 0 Å². The van der Waals surface area contributed by atoms with Crippen molar-refractivity contribution in [2.75, 3.05) is 13.2 Å². The van der Waals surface area contributed by atoms with E-state index in [0.29, 0.717) is 11.4 Å². The lowest BCUT2D eigenvalue weighted by molar-refractivity contribution is -0.124. The molecule has 1 amide bonds. The maximum absolute atomic E-state index is 11.3. The highest BCUT2D eigenvalue weighted by Crippen LogP contribution is 2.09. The molecule has 0 atom stereocenters. The van der Waals surface area contributed by atoms with Gasteiger partial charge in [0.15, 0.2) is 6.61 Å². The lowest BCUT2D eigenvalue weighted by Crippen LogP contribution is -2.29. The van der Waals surface area contributed by atoms with Gasteiger partial charge < -0.3 is 10.1 Å². The number of ether oxygens (including phenoxy) is 1. The van der Waals surface area contributed by atoms with E-state index in [4.69, 9.17) is 4.74 Å². The van der Waals surface area contributed by atoms with Gasteiger partial charge in [-0.2, -0.15) is 0 Å². The number of hydrogen-bond acceptors (Lipinski definition) is 4. The zero-order chi connectivity index (χ0) is 11.8. The van der Waals surface area contributed by atoms with Crippen LogP contribution in [0, 0.1) is 0 Å². The van der Waals surface area contributed by atoms with E-state index in [1.807, 2.05) is 6.92 Å². The van der Waals surface area contributed by atoms with E-state index in [1.54, 1.807) is 17.5 Å². The second kappa shape index (κ2) is 7.00. The van der Waals surface area contributed by atoms with Crippen LogP contribution in [0.3, 0.4) is 0 Å². The summed E-state index contributed by atoms with van der Waals surface area (Å²) in [5, 5.41) is 4.46. The minimum atomic E-state index is -0.444. The number of rotatable bonds is 6. The van der Waals surface area contributed by atoms with Gasteiger partial charge in [-0.3, -0.25) is 4.79 Å². The standard InChI is InChI=1S/C11H15NO3S/c1-2-3-6-12-10(13)8-15-11(14)9-5-4-7-16-9/h4-5,7H,2-3,6,8H2,1H3,(H,12,13). The summed E-state index contributed by atoms with van der Waals surface area (Å²) in [6, 6.07) is 3.44. The van der Waals surface area contributed by atoms with Crippen molar-refractivity contribution < 1.29 is 14.3 Å². The molecular formula is C11H15NO3S. The molecule has 1 aromatic rings. The molecule has 16 heavy (non-hydrogen) atoms. The molecule has 0 radical (unpaired) electrons. The predicted molar refractivity (Wildman–Crippen MR) is 62.5 cm³/mol. The third-order valence-electron chi connectivity index (χ3n) is 1.91. The number of thiophene rings is 1. The molecular weight excluding hydrogens is 226 g/mol. The number of nitrogens with one attached hydrogen (secondary N) is 1. The van der Waals surface area contributed by atoms with Gasteiger partial charge in [0.1, 0.15) is 4.88 Å². The maximum Gasteiger partial charge on any atom is 0.348 e. The van der Waals surface area contributed by atoms with E-state index >= 15 is 0 Å². The lowest BCUT2D eigenvalue weighted by atomic mass is 10.3. The van der Waals surface area contributed by atoms with E-state index in [2.05, 4.69) is 5.32 Å². The highest BCUT2D eigenvalue weighted by molar-refractivity contribution is 7.11. The Morgan fingerprint density at radius 3 is 2.94 bits per heavy atom. The molecule has 0 spiro atoms. The predicted octanol–water partition coefficient (Wildman–Crippen LogP) is 1.82. The Morgan fingerprint density at radius 2 is 2.31 bits per heavy atom. The van der Waals surface area contributed by atoms with Crippen LogP contribution in [0.5, 0.6) is 0 Å². The highest BCUT2D eigenvalue weighted by atomic mass is 32.1. The van der Waals surface area contributed by atoms with Crippen LogP contribution in [-0.4, -0.2) is 25.0 Å². The van der Waals surface area contributed by atoms with Crippen molar-refractivity contribution in [2.45, 2.75) is 19.8 Å². The molecule has 4 nitrogen and oxygen atoms in total. The summed E-state index contributed by atoms with van der Waals surface area (Å²) in [5.74, 6) is -0.695. The van der Waals surface area contributed by atoms with Gasteiger partial charge in [0.05, 0.1) is 0 Å². The third kappa shape index (κ3) is 4.44. The molecule has 0 saturated heterocycles. The number of unbranched alkanes of at least 4 members (excludes halogenated alkanes) is 1. The molecule has 0 aliphatic rings. The molecule has 1 N–H and O–H groups in total. The zero-order valence-electron chi connectivity index (χ0n) is 9.19. The van der Waals surface area contributed by atoms with Gasteiger partial charge in [0.25, 0.3) is 5.91 Å². The molecule has 0 fully saturated rings. The maximum atomic E-state index is 11.3. The van der Waals surface area contributed by atoms with Crippen LogP contribution in [0.25, 0.3) is 0 Å².